The molecular formula is C20H19N3O3S2. The molecule has 2 aromatic heterocycles. The van der Waals surface area contributed by atoms with Crippen LogP contribution in [0, 0.1) is 0 Å². The van der Waals surface area contributed by atoms with Gasteiger partial charge in [-0.1, -0.05) is 36.4 Å². The van der Waals surface area contributed by atoms with Crippen LogP contribution in [0.5, 0.6) is 0 Å². The molecule has 2 N–H and O–H groups in total. The van der Waals surface area contributed by atoms with E-state index in [-0.39, 0.29) is 10.6 Å². The number of nitrogens with one attached hydrogen (secondary N) is 2. The first kappa shape index (κ1) is 18.7. The van der Waals surface area contributed by atoms with E-state index in [0.29, 0.717) is 30.5 Å². The van der Waals surface area contributed by atoms with Crippen LogP contribution < -0.4 is 5.69 Å². The normalized spacial score (nSPS) is 12.0. The van der Waals surface area contributed by atoms with Crippen molar-refractivity contribution in [3.05, 3.63) is 87.0 Å². The number of imidazole rings is 1. The average Bonchev–Trinajstić information content (AvgIpc) is 3.33. The maximum atomic E-state index is 13.4. The fourth-order valence-corrected chi connectivity index (χ4v) is 5.33. The lowest BCUT2D eigenvalue weighted by Gasteiger charge is -2.22. The highest BCUT2D eigenvalue weighted by molar-refractivity contribution is 7.89. The molecule has 0 amide bonds. The summed E-state index contributed by atoms with van der Waals surface area (Å²) in [6, 6.07) is 18.3. The van der Waals surface area contributed by atoms with E-state index in [1.165, 1.54) is 27.8 Å². The molecule has 2 aromatic carbocycles. The Morgan fingerprint density at radius 1 is 0.929 bits per heavy atom. The van der Waals surface area contributed by atoms with Gasteiger partial charge in [0.1, 0.15) is 0 Å². The fourth-order valence-electron chi connectivity index (χ4n) is 3.08. The molecule has 28 heavy (non-hydrogen) atoms. The fraction of sp³-hybridized carbons (Fsp3) is 0.150. The Labute approximate surface area is 166 Å². The van der Waals surface area contributed by atoms with Gasteiger partial charge in [0.05, 0.1) is 15.9 Å². The molecule has 0 aliphatic carbocycles. The molecule has 0 aliphatic heterocycles. The van der Waals surface area contributed by atoms with Crippen molar-refractivity contribution in [2.24, 2.45) is 0 Å². The van der Waals surface area contributed by atoms with Gasteiger partial charge in [0, 0.05) is 18.0 Å². The zero-order valence-corrected chi connectivity index (χ0v) is 16.6. The first-order chi connectivity index (χ1) is 13.5. The molecule has 144 valence electrons. The Morgan fingerprint density at radius 2 is 1.71 bits per heavy atom. The van der Waals surface area contributed by atoms with Gasteiger partial charge in [0.2, 0.25) is 10.0 Å². The smallest absolute Gasteiger partial charge is 0.306 e. The molecule has 6 nitrogen and oxygen atoms in total. The van der Waals surface area contributed by atoms with E-state index in [2.05, 4.69) is 9.97 Å². The molecule has 4 aromatic rings. The summed E-state index contributed by atoms with van der Waals surface area (Å²) in [5.74, 6) is 0. The molecule has 0 radical (unpaired) electrons. The number of benzene rings is 2. The molecule has 0 atom stereocenters. The predicted octanol–water partition coefficient (Wildman–Crippen LogP) is 3.35. The highest BCUT2D eigenvalue weighted by atomic mass is 32.2. The number of fused-ring (bicyclic) bond motifs is 1. The Kier molecular flexibility index (Phi) is 5.17. The third-order valence-corrected chi connectivity index (χ3v) is 7.23. The second-order valence-electron chi connectivity index (χ2n) is 6.44. The number of sulfonamides is 1. The lowest BCUT2D eigenvalue weighted by molar-refractivity contribution is 0.412. The molecule has 2 heterocycles. The molecule has 0 aliphatic rings. The second-order valence-corrected chi connectivity index (χ2v) is 9.41. The van der Waals surface area contributed by atoms with Crippen molar-refractivity contribution < 1.29 is 8.42 Å². The lowest BCUT2D eigenvalue weighted by Crippen LogP contribution is -2.32. The summed E-state index contributed by atoms with van der Waals surface area (Å²) in [4.78, 5) is 17.9. The molecular weight excluding hydrogens is 394 g/mol. The average molecular weight is 414 g/mol. The van der Waals surface area contributed by atoms with Crippen LogP contribution in [-0.4, -0.2) is 29.2 Å². The molecule has 0 saturated carbocycles. The van der Waals surface area contributed by atoms with E-state index >= 15 is 0 Å². The minimum Gasteiger partial charge on any atom is -0.306 e. The Hall–Kier alpha value is -2.68. The number of hydrogen-bond donors (Lipinski definition) is 2. The van der Waals surface area contributed by atoms with E-state index in [1.807, 2.05) is 47.8 Å². The SMILES string of the molecule is O=c1[nH]c2ccc(S(=O)(=O)N(CCc3ccccc3)Cc3cccs3)cc2[nH]1. The number of thiophene rings is 1. The first-order valence-corrected chi connectivity index (χ1v) is 11.1. The van der Waals surface area contributed by atoms with E-state index in [9.17, 15) is 13.2 Å². The number of nitrogens with zero attached hydrogens (tertiary/aromatic N) is 1. The number of aromatic amines is 2. The van der Waals surface area contributed by atoms with E-state index in [4.69, 9.17) is 0 Å². The molecule has 0 bridgehead atoms. The van der Waals surface area contributed by atoms with Gasteiger partial charge >= 0.3 is 5.69 Å². The molecule has 8 heteroatoms. The van der Waals surface area contributed by atoms with E-state index in [1.54, 1.807) is 6.07 Å². The van der Waals surface area contributed by atoms with Gasteiger partial charge in [-0.15, -0.1) is 11.3 Å². The van der Waals surface area contributed by atoms with Gasteiger partial charge in [0.15, 0.2) is 0 Å². The van der Waals surface area contributed by atoms with Crippen LogP contribution in [-0.2, 0) is 23.0 Å². The number of rotatable bonds is 7. The van der Waals surface area contributed by atoms with E-state index < -0.39 is 10.0 Å². The van der Waals surface area contributed by atoms with Gasteiger partial charge in [-0.05, 0) is 41.6 Å². The maximum absolute atomic E-state index is 13.4. The minimum absolute atomic E-state index is 0.167. The first-order valence-electron chi connectivity index (χ1n) is 8.81. The van der Waals surface area contributed by atoms with Crippen molar-refractivity contribution in [2.75, 3.05) is 6.54 Å². The van der Waals surface area contributed by atoms with Crippen LogP contribution >= 0.6 is 11.3 Å². The summed E-state index contributed by atoms with van der Waals surface area (Å²) in [5, 5.41) is 1.94. The van der Waals surface area contributed by atoms with Gasteiger partial charge in [-0.3, -0.25) is 0 Å². The topological polar surface area (TPSA) is 86.0 Å². The Morgan fingerprint density at radius 3 is 2.46 bits per heavy atom. The zero-order chi connectivity index (χ0) is 19.6. The molecule has 0 saturated heterocycles. The van der Waals surface area contributed by atoms with Gasteiger partial charge in [-0.25, -0.2) is 13.2 Å². The molecule has 0 fully saturated rings. The summed E-state index contributed by atoms with van der Waals surface area (Å²) in [5.41, 5.74) is 1.78. The lowest BCUT2D eigenvalue weighted by atomic mass is 10.1. The second kappa shape index (κ2) is 7.75. The van der Waals surface area contributed by atoms with Crippen molar-refractivity contribution >= 4 is 32.4 Å². The summed E-state index contributed by atoms with van der Waals surface area (Å²) in [7, 11) is -3.73. The van der Waals surface area contributed by atoms with Gasteiger partial charge in [-0.2, -0.15) is 4.31 Å². The summed E-state index contributed by atoms with van der Waals surface area (Å²) in [6.45, 7) is 0.681. The third-order valence-electron chi connectivity index (χ3n) is 4.53. The van der Waals surface area contributed by atoms with Crippen LogP contribution in [0.1, 0.15) is 10.4 Å². The summed E-state index contributed by atoms with van der Waals surface area (Å²) in [6.07, 6.45) is 0.620. The predicted molar refractivity (Wildman–Crippen MR) is 111 cm³/mol. The summed E-state index contributed by atoms with van der Waals surface area (Å²) < 4.78 is 28.2. The van der Waals surface area contributed by atoms with Crippen LogP contribution in [0.15, 0.2) is 75.7 Å². The summed E-state index contributed by atoms with van der Waals surface area (Å²) >= 11 is 1.53. The van der Waals surface area contributed by atoms with Gasteiger partial charge < -0.3 is 9.97 Å². The van der Waals surface area contributed by atoms with Crippen molar-refractivity contribution in [2.45, 2.75) is 17.9 Å². The van der Waals surface area contributed by atoms with Crippen LogP contribution in [0.4, 0.5) is 0 Å². The largest absolute Gasteiger partial charge is 0.323 e. The number of aromatic nitrogens is 2. The van der Waals surface area contributed by atoms with Crippen molar-refractivity contribution in [1.29, 1.82) is 0 Å². The van der Waals surface area contributed by atoms with Crippen molar-refractivity contribution in [3.8, 4) is 0 Å². The van der Waals surface area contributed by atoms with Crippen LogP contribution in [0.25, 0.3) is 11.0 Å². The zero-order valence-electron chi connectivity index (χ0n) is 15.0. The molecule has 4 rings (SSSR count). The highest BCUT2D eigenvalue weighted by Crippen LogP contribution is 2.23. The monoisotopic (exact) mass is 413 g/mol. The van der Waals surface area contributed by atoms with Crippen LogP contribution in [0.3, 0.4) is 0 Å². The Bertz CT molecular complexity index is 1230. The minimum atomic E-state index is -3.73. The van der Waals surface area contributed by atoms with Crippen LogP contribution in [0.2, 0.25) is 0 Å². The molecule has 0 unspecified atom stereocenters. The Balaban J connectivity index is 1.66. The standard InChI is InChI=1S/C20H19N3O3S2/c24-20-21-18-9-8-17(13-19(18)22-20)28(25,26)23(14-16-7-4-12-27-16)11-10-15-5-2-1-3-6-15/h1-9,12-13H,10-11,14H2,(H2,21,22,24). The quantitative estimate of drug-likeness (QED) is 0.487. The highest BCUT2D eigenvalue weighted by Gasteiger charge is 2.25. The maximum Gasteiger partial charge on any atom is 0.323 e. The third kappa shape index (κ3) is 3.94. The number of hydrogen-bond acceptors (Lipinski definition) is 4. The molecule has 0 spiro atoms. The van der Waals surface area contributed by atoms with E-state index in [0.717, 1.165) is 10.4 Å². The van der Waals surface area contributed by atoms with Crippen molar-refractivity contribution in [1.82, 2.24) is 14.3 Å². The van der Waals surface area contributed by atoms with Gasteiger partial charge in [0.25, 0.3) is 0 Å². The number of H-pyrrole nitrogens is 2. The van der Waals surface area contributed by atoms with Crippen molar-refractivity contribution in [3.63, 3.8) is 0 Å².